The lowest BCUT2D eigenvalue weighted by atomic mass is 9.78. The van der Waals surface area contributed by atoms with Crippen molar-refractivity contribution in [3.63, 3.8) is 0 Å². The first-order valence-electron chi connectivity index (χ1n) is 19.3. The summed E-state index contributed by atoms with van der Waals surface area (Å²) >= 11 is 0. The van der Waals surface area contributed by atoms with Crippen molar-refractivity contribution in [1.29, 1.82) is 0 Å². The van der Waals surface area contributed by atoms with Crippen molar-refractivity contribution in [3.8, 4) is 55.6 Å². The number of benzene rings is 9. The molecule has 54 heavy (non-hydrogen) atoms. The van der Waals surface area contributed by atoms with Gasteiger partial charge in [-0.1, -0.05) is 179 Å². The van der Waals surface area contributed by atoms with Crippen molar-refractivity contribution in [2.24, 2.45) is 0 Å². The number of hydrogen-bond donors (Lipinski definition) is 0. The van der Waals surface area contributed by atoms with E-state index in [9.17, 15) is 0 Å². The van der Waals surface area contributed by atoms with Gasteiger partial charge in [0.2, 0.25) is 0 Å². The van der Waals surface area contributed by atoms with Gasteiger partial charge < -0.3 is 0 Å². The molecule has 2 aliphatic carbocycles. The van der Waals surface area contributed by atoms with E-state index in [2.05, 4.69) is 198 Å². The summed E-state index contributed by atoms with van der Waals surface area (Å²) in [6, 6.07) is 63.8. The average molecular weight is 689 g/mol. The van der Waals surface area contributed by atoms with Gasteiger partial charge >= 0.3 is 0 Å². The quantitative estimate of drug-likeness (QED) is 0.162. The molecule has 0 saturated heterocycles. The molecule has 9 aromatic rings. The molecular formula is C54H40. The van der Waals surface area contributed by atoms with Gasteiger partial charge in [0.05, 0.1) is 0 Å². The predicted octanol–water partition coefficient (Wildman–Crippen LogP) is 14.8. The molecule has 0 atom stereocenters. The third kappa shape index (κ3) is 4.20. The van der Waals surface area contributed by atoms with Gasteiger partial charge in [-0.2, -0.15) is 0 Å². The number of fused-ring (bicyclic) bond motifs is 9. The minimum atomic E-state index is -0.137. The van der Waals surface area contributed by atoms with Crippen molar-refractivity contribution >= 4 is 32.3 Å². The van der Waals surface area contributed by atoms with Crippen LogP contribution in [0.15, 0.2) is 170 Å². The van der Waals surface area contributed by atoms with Gasteiger partial charge in [-0.15, -0.1) is 0 Å². The van der Waals surface area contributed by atoms with Crippen LogP contribution in [0.5, 0.6) is 0 Å². The van der Waals surface area contributed by atoms with Gasteiger partial charge in [-0.25, -0.2) is 0 Å². The molecular weight excluding hydrogens is 649 g/mol. The number of rotatable bonds is 3. The summed E-state index contributed by atoms with van der Waals surface area (Å²) in [5.41, 5.74) is 18.7. The predicted molar refractivity (Wildman–Crippen MR) is 230 cm³/mol. The molecule has 256 valence electrons. The summed E-state index contributed by atoms with van der Waals surface area (Å²) in [5.74, 6) is 0. The Kier molecular flexibility index (Phi) is 6.46. The molecule has 11 rings (SSSR count). The van der Waals surface area contributed by atoms with E-state index in [4.69, 9.17) is 0 Å². The lowest BCUT2D eigenvalue weighted by molar-refractivity contribution is 0.652. The van der Waals surface area contributed by atoms with Gasteiger partial charge in [0.25, 0.3) is 0 Å². The summed E-state index contributed by atoms with van der Waals surface area (Å²) in [7, 11) is 0. The monoisotopic (exact) mass is 688 g/mol. The highest BCUT2D eigenvalue weighted by Gasteiger charge is 2.41. The van der Waals surface area contributed by atoms with Crippen LogP contribution >= 0.6 is 0 Å². The minimum absolute atomic E-state index is 0.0272. The van der Waals surface area contributed by atoms with E-state index < -0.39 is 0 Å². The SMILES string of the molecule is CC1(C)c2ccccc2-c2cc3c(cc21)-c1ccc(-c2c4ccccc4c(-c4ccc(-c5ccccc5)c5ccccc45)c4ccccc24)cc1C3(C)C. The molecule has 0 N–H and O–H groups in total. The number of hydrogen-bond acceptors (Lipinski definition) is 0. The molecule has 0 spiro atoms. The zero-order chi connectivity index (χ0) is 36.3. The lowest BCUT2D eigenvalue weighted by Crippen LogP contribution is -2.17. The highest BCUT2D eigenvalue weighted by Crippen LogP contribution is 2.57. The van der Waals surface area contributed by atoms with E-state index in [0.29, 0.717) is 0 Å². The molecule has 0 nitrogen and oxygen atoms in total. The highest BCUT2D eigenvalue weighted by atomic mass is 14.4. The summed E-state index contributed by atoms with van der Waals surface area (Å²) in [6.45, 7) is 9.61. The first kappa shape index (κ1) is 31.3. The van der Waals surface area contributed by atoms with E-state index >= 15 is 0 Å². The van der Waals surface area contributed by atoms with E-state index in [1.54, 1.807) is 0 Å². The molecule has 0 amide bonds. The van der Waals surface area contributed by atoms with Gasteiger partial charge in [0.15, 0.2) is 0 Å². The summed E-state index contributed by atoms with van der Waals surface area (Å²) in [6.07, 6.45) is 0. The fraction of sp³-hybridized carbons (Fsp3) is 0.111. The molecule has 0 aliphatic heterocycles. The van der Waals surface area contributed by atoms with Crippen LogP contribution in [0, 0.1) is 0 Å². The highest BCUT2D eigenvalue weighted by molar-refractivity contribution is 6.24. The van der Waals surface area contributed by atoms with Crippen molar-refractivity contribution < 1.29 is 0 Å². The molecule has 0 heteroatoms. The zero-order valence-electron chi connectivity index (χ0n) is 31.2. The van der Waals surface area contributed by atoms with Crippen molar-refractivity contribution in [2.75, 3.05) is 0 Å². The maximum Gasteiger partial charge on any atom is 0.0159 e. The van der Waals surface area contributed by atoms with Crippen molar-refractivity contribution in [1.82, 2.24) is 0 Å². The second kappa shape index (κ2) is 11.1. The topological polar surface area (TPSA) is 0 Å². The Bertz CT molecular complexity index is 2970. The first-order valence-corrected chi connectivity index (χ1v) is 19.3. The fourth-order valence-corrected chi connectivity index (χ4v) is 10.2. The molecule has 9 aromatic carbocycles. The second-order valence-electron chi connectivity index (χ2n) is 16.4. The third-order valence-electron chi connectivity index (χ3n) is 12.9. The van der Waals surface area contributed by atoms with Crippen LogP contribution in [0.2, 0.25) is 0 Å². The first-order chi connectivity index (χ1) is 26.3. The normalized spacial score (nSPS) is 14.6. The Morgan fingerprint density at radius 3 is 1.31 bits per heavy atom. The Hall–Kier alpha value is -6.24. The molecule has 0 unspecified atom stereocenters. The largest absolute Gasteiger partial charge is 0.0622 e. The Labute approximate surface area is 317 Å². The Morgan fingerprint density at radius 2 is 0.685 bits per heavy atom. The van der Waals surface area contributed by atoms with Crippen LogP contribution in [-0.2, 0) is 10.8 Å². The van der Waals surface area contributed by atoms with Crippen LogP contribution < -0.4 is 0 Å². The molecule has 0 aromatic heterocycles. The minimum Gasteiger partial charge on any atom is -0.0622 e. The van der Waals surface area contributed by atoms with E-state index in [1.165, 1.54) is 110 Å². The van der Waals surface area contributed by atoms with Gasteiger partial charge in [-0.3, -0.25) is 0 Å². The van der Waals surface area contributed by atoms with Crippen LogP contribution in [0.25, 0.3) is 88.0 Å². The summed E-state index contributed by atoms with van der Waals surface area (Å²) < 4.78 is 0. The van der Waals surface area contributed by atoms with Gasteiger partial charge in [-0.05, 0) is 128 Å². The van der Waals surface area contributed by atoms with Crippen molar-refractivity contribution in [3.05, 3.63) is 192 Å². The molecule has 0 heterocycles. The van der Waals surface area contributed by atoms with E-state index in [0.717, 1.165) is 0 Å². The molecule has 0 bridgehead atoms. The lowest BCUT2D eigenvalue weighted by Gasteiger charge is -2.24. The molecule has 0 radical (unpaired) electrons. The average Bonchev–Trinajstić information content (AvgIpc) is 3.57. The Morgan fingerprint density at radius 1 is 0.259 bits per heavy atom. The zero-order valence-corrected chi connectivity index (χ0v) is 31.2. The van der Waals surface area contributed by atoms with Gasteiger partial charge in [0.1, 0.15) is 0 Å². The van der Waals surface area contributed by atoms with E-state index in [-0.39, 0.29) is 10.8 Å². The Balaban J connectivity index is 1.13. The van der Waals surface area contributed by atoms with Crippen LogP contribution in [-0.4, -0.2) is 0 Å². The summed E-state index contributed by atoms with van der Waals surface area (Å²) in [5, 5.41) is 7.68. The van der Waals surface area contributed by atoms with Crippen LogP contribution in [0.1, 0.15) is 49.9 Å². The molecule has 0 saturated carbocycles. The maximum absolute atomic E-state index is 2.52. The third-order valence-corrected chi connectivity index (χ3v) is 12.9. The van der Waals surface area contributed by atoms with Gasteiger partial charge in [0, 0.05) is 10.8 Å². The second-order valence-corrected chi connectivity index (χ2v) is 16.4. The summed E-state index contributed by atoms with van der Waals surface area (Å²) in [4.78, 5) is 0. The van der Waals surface area contributed by atoms with Crippen LogP contribution in [0.3, 0.4) is 0 Å². The standard InChI is InChI=1S/C54H40/c1-53(2)47-25-15-14-20-38(47)45-31-50-46(32-49(45)53)39-27-26-34(30-48(39)54(50,3)4)51-40-21-10-12-23-42(40)52(43-24-13-11-22-41(43)51)44-29-28-35(33-16-6-5-7-17-33)36-18-8-9-19-37(36)44/h5-32H,1-4H3. The van der Waals surface area contributed by atoms with Crippen molar-refractivity contribution in [2.45, 2.75) is 38.5 Å². The van der Waals surface area contributed by atoms with Crippen LogP contribution in [0.4, 0.5) is 0 Å². The van der Waals surface area contributed by atoms with E-state index in [1.807, 2.05) is 0 Å². The smallest absolute Gasteiger partial charge is 0.0159 e. The molecule has 2 aliphatic rings. The molecule has 0 fully saturated rings. The fourth-order valence-electron chi connectivity index (χ4n) is 10.2. The maximum atomic E-state index is 2.52.